The van der Waals surface area contributed by atoms with Gasteiger partial charge in [0.15, 0.2) is 0 Å². The minimum absolute atomic E-state index is 0.242. The molecule has 24 heavy (non-hydrogen) atoms. The first kappa shape index (κ1) is 16.1. The third-order valence-corrected chi connectivity index (χ3v) is 4.25. The first-order valence-corrected chi connectivity index (χ1v) is 8.31. The number of rotatable bonds is 5. The first-order chi connectivity index (χ1) is 11.7. The molecule has 122 valence electrons. The Balaban J connectivity index is 1.84. The lowest BCUT2D eigenvalue weighted by Gasteiger charge is -2.15. The number of hydrogen-bond donors (Lipinski definition) is 1. The molecular formula is C16H15N5O2S. The van der Waals surface area contributed by atoms with Gasteiger partial charge in [-0.25, -0.2) is 0 Å². The Morgan fingerprint density at radius 1 is 1.33 bits per heavy atom. The molecule has 7 nitrogen and oxygen atoms in total. The highest BCUT2D eigenvalue weighted by Gasteiger charge is 2.20. The summed E-state index contributed by atoms with van der Waals surface area (Å²) in [7, 11) is 0. The molecular weight excluding hydrogens is 326 g/mol. The predicted octanol–water partition coefficient (Wildman–Crippen LogP) is 3.33. The molecule has 2 heterocycles. The van der Waals surface area contributed by atoms with Gasteiger partial charge < -0.3 is 5.32 Å². The highest BCUT2D eigenvalue weighted by Crippen LogP contribution is 2.29. The van der Waals surface area contributed by atoms with Gasteiger partial charge >= 0.3 is 0 Å². The fraction of sp³-hybridized carbons (Fsp3) is 0.250. The molecule has 0 spiro atoms. The van der Waals surface area contributed by atoms with Crippen LogP contribution in [0, 0.1) is 0 Å². The van der Waals surface area contributed by atoms with E-state index in [1.807, 2.05) is 25.1 Å². The molecule has 2 aromatic rings. The molecule has 1 N–H and O–H groups in total. The SMILES string of the molecule is CCCc1nnsc1C(=O)Nc1ccccc1C1C=CC(=O)N=N1. The van der Waals surface area contributed by atoms with Gasteiger partial charge in [-0.15, -0.1) is 10.2 Å². The van der Waals surface area contributed by atoms with Crippen molar-refractivity contribution in [1.82, 2.24) is 9.59 Å². The summed E-state index contributed by atoms with van der Waals surface area (Å²) in [5, 5.41) is 14.4. The highest BCUT2D eigenvalue weighted by molar-refractivity contribution is 7.08. The lowest BCUT2D eigenvalue weighted by atomic mass is 10.0. The van der Waals surface area contributed by atoms with Crippen LogP contribution in [0.25, 0.3) is 0 Å². The van der Waals surface area contributed by atoms with Crippen molar-refractivity contribution in [3.05, 3.63) is 52.6 Å². The number of azo groups is 1. The summed E-state index contributed by atoms with van der Waals surface area (Å²) in [6, 6.07) is 6.92. The maximum Gasteiger partial charge on any atom is 0.287 e. The number of aryl methyl sites for hydroxylation is 1. The van der Waals surface area contributed by atoms with Gasteiger partial charge in [0.25, 0.3) is 11.8 Å². The molecule has 0 fully saturated rings. The fourth-order valence-corrected chi connectivity index (χ4v) is 2.96. The number of benzene rings is 1. The van der Waals surface area contributed by atoms with Crippen molar-refractivity contribution in [2.45, 2.75) is 25.8 Å². The fourth-order valence-electron chi connectivity index (χ4n) is 2.36. The Hall–Kier alpha value is -2.74. The van der Waals surface area contributed by atoms with Crippen molar-refractivity contribution < 1.29 is 9.59 Å². The molecule has 0 saturated carbocycles. The van der Waals surface area contributed by atoms with Crippen LogP contribution >= 0.6 is 11.5 Å². The standard InChI is InChI=1S/C16H15N5O2S/c1-2-5-13-15(24-21-19-13)16(23)17-11-7-4-3-6-10(11)12-8-9-14(22)20-18-12/h3-4,6-9,12H,2,5H2,1H3,(H,17,23). The Morgan fingerprint density at radius 2 is 2.17 bits per heavy atom. The Bertz CT molecular complexity index is 811. The molecule has 0 aliphatic carbocycles. The number of hydrogen-bond acceptors (Lipinski definition) is 6. The van der Waals surface area contributed by atoms with Gasteiger partial charge in [-0.05, 0) is 30.1 Å². The molecule has 0 saturated heterocycles. The minimum Gasteiger partial charge on any atom is -0.321 e. The van der Waals surface area contributed by atoms with E-state index < -0.39 is 6.04 Å². The van der Waals surface area contributed by atoms with Crippen molar-refractivity contribution in [1.29, 1.82) is 0 Å². The Labute approximate surface area is 142 Å². The van der Waals surface area contributed by atoms with Crippen LogP contribution in [0.3, 0.4) is 0 Å². The average Bonchev–Trinajstić information content (AvgIpc) is 3.05. The lowest BCUT2D eigenvalue weighted by molar-refractivity contribution is -0.114. The molecule has 8 heteroatoms. The van der Waals surface area contributed by atoms with E-state index in [-0.39, 0.29) is 11.8 Å². The van der Waals surface area contributed by atoms with Crippen molar-refractivity contribution >= 4 is 29.0 Å². The molecule has 1 atom stereocenters. The third-order valence-electron chi connectivity index (χ3n) is 3.48. The molecule has 2 amide bonds. The molecule has 3 rings (SSSR count). The van der Waals surface area contributed by atoms with Gasteiger partial charge in [-0.2, -0.15) is 5.11 Å². The summed E-state index contributed by atoms with van der Waals surface area (Å²) in [6.07, 6.45) is 4.64. The van der Waals surface area contributed by atoms with Gasteiger partial charge in [0.1, 0.15) is 10.9 Å². The summed E-state index contributed by atoms with van der Waals surface area (Å²) >= 11 is 1.08. The van der Waals surface area contributed by atoms with Crippen LogP contribution in [0.1, 0.15) is 40.3 Å². The second-order valence-corrected chi connectivity index (χ2v) is 5.95. The lowest BCUT2D eigenvalue weighted by Crippen LogP contribution is -2.14. The smallest absolute Gasteiger partial charge is 0.287 e. The second kappa shape index (κ2) is 7.22. The quantitative estimate of drug-likeness (QED) is 0.902. The van der Waals surface area contributed by atoms with Crippen LogP contribution in [0.4, 0.5) is 5.69 Å². The number of carbonyl (C=O) groups excluding carboxylic acids is 2. The number of amides is 2. The number of nitrogens with zero attached hydrogens (tertiary/aromatic N) is 4. The number of carbonyl (C=O) groups is 2. The number of para-hydroxylation sites is 1. The summed E-state index contributed by atoms with van der Waals surface area (Å²) < 4.78 is 3.87. The van der Waals surface area contributed by atoms with Crippen LogP contribution in [0.5, 0.6) is 0 Å². The number of nitrogens with one attached hydrogen (secondary N) is 1. The van der Waals surface area contributed by atoms with Crippen molar-refractivity contribution in [3.8, 4) is 0 Å². The van der Waals surface area contributed by atoms with Gasteiger partial charge in [-0.3, -0.25) is 9.59 Å². The zero-order chi connectivity index (χ0) is 16.9. The van der Waals surface area contributed by atoms with E-state index in [0.29, 0.717) is 22.7 Å². The summed E-state index contributed by atoms with van der Waals surface area (Å²) in [6.45, 7) is 2.03. The van der Waals surface area contributed by atoms with Crippen LogP contribution in [-0.4, -0.2) is 21.4 Å². The zero-order valence-electron chi connectivity index (χ0n) is 13.0. The van der Waals surface area contributed by atoms with Gasteiger partial charge in [0.05, 0.1) is 5.69 Å². The number of anilines is 1. The van der Waals surface area contributed by atoms with E-state index in [4.69, 9.17) is 0 Å². The molecule has 1 unspecified atom stereocenters. The second-order valence-electron chi connectivity index (χ2n) is 5.20. The van der Waals surface area contributed by atoms with Crippen LogP contribution in [-0.2, 0) is 11.2 Å². The van der Waals surface area contributed by atoms with Crippen molar-refractivity contribution in [3.63, 3.8) is 0 Å². The Morgan fingerprint density at radius 3 is 2.92 bits per heavy atom. The van der Waals surface area contributed by atoms with E-state index >= 15 is 0 Å². The molecule has 1 aromatic heterocycles. The molecule has 1 aromatic carbocycles. The molecule has 1 aliphatic heterocycles. The average molecular weight is 341 g/mol. The van der Waals surface area contributed by atoms with Gasteiger partial charge in [0.2, 0.25) is 0 Å². The topological polar surface area (TPSA) is 96.7 Å². The minimum atomic E-state index is -0.395. The highest BCUT2D eigenvalue weighted by atomic mass is 32.1. The summed E-state index contributed by atoms with van der Waals surface area (Å²) in [4.78, 5) is 24.2. The van der Waals surface area contributed by atoms with E-state index in [1.54, 1.807) is 12.1 Å². The van der Waals surface area contributed by atoms with E-state index in [1.165, 1.54) is 6.08 Å². The van der Waals surface area contributed by atoms with Crippen LogP contribution in [0.15, 0.2) is 46.6 Å². The summed E-state index contributed by atoms with van der Waals surface area (Å²) in [5.74, 6) is -0.624. The van der Waals surface area contributed by atoms with E-state index in [0.717, 1.165) is 23.5 Å². The molecule has 1 aliphatic rings. The molecule has 0 radical (unpaired) electrons. The monoisotopic (exact) mass is 341 g/mol. The normalized spacial score (nSPS) is 16.4. The maximum absolute atomic E-state index is 12.6. The maximum atomic E-state index is 12.6. The first-order valence-electron chi connectivity index (χ1n) is 7.53. The Kier molecular flexibility index (Phi) is 4.85. The zero-order valence-corrected chi connectivity index (χ0v) is 13.8. The van der Waals surface area contributed by atoms with Crippen molar-refractivity contribution in [2.24, 2.45) is 10.2 Å². The van der Waals surface area contributed by atoms with Gasteiger partial charge in [-0.1, -0.05) is 36.0 Å². The number of aromatic nitrogens is 2. The predicted molar refractivity (Wildman–Crippen MR) is 90.0 cm³/mol. The van der Waals surface area contributed by atoms with Crippen LogP contribution < -0.4 is 5.32 Å². The third kappa shape index (κ3) is 3.43. The summed E-state index contributed by atoms with van der Waals surface area (Å²) in [5.41, 5.74) is 2.11. The van der Waals surface area contributed by atoms with E-state index in [2.05, 4.69) is 25.1 Å². The van der Waals surface area contributed by atoms with E-state index in [9.17, 15) is 9.59 Å². The van der Waals surface area contributed by atoms with Crippen LogP contribution in [0.2, 0.25) is 0 Å². The van der Waals surface area contributed by atoms with Crippen molar-refractivity contribution in [2.75, 3.05) is 5.32 Å². The molecule has 0 bridgehead atoms. The largest absolute Gasteiger partial charge is 0.321 e. The van der Waals surface area contributed by atoms with Gasteiger partial charge in [0, 0.05) is 17.3 Å².